The minimum Gasteiger partial charge on any atom is -0.479 e. The molecule has 3 rings (SSSR count). The van der Waals surface area contributed by atoms with Crippen LogP contribution in [-0.4, -0.2) is 106 Å². The number of carboxylic acids is 1. The Hall–Kier alpha value is -4.64. The van der Waals surface area contributed by atoms with Crippen LogP contribution in [-0.2, 0) is 68.3 Å². The van der Waals surface area contributed by atoms with Crippen molar-refractivity contribution >= 4 is 35.8 Å². The number of carboxylic acid groups (broad SMARTS) is 1. The highest BCUT2D eigenvalue weighted by Crippen LogP contribution is 2.56. The second-order valence-electron chi connectivity index (χ2n) is 16.2. The Morgan fingerprint density at radius 2 is 1.67 bits per heavy atom. The van der Waals surface area contributed by atoms with Gasteiger partial charge in [0.2, 0.25) is 29.9 Å². The first-order valence-corrected chi connectivity index (χ1v) is 19.2. The van der Waals surface area contributed by atoms with Gasteiger partial charge in [0.1, 0.15) is 12.2 Å². The summed E-state index contributed by atoms with van der Waals surface area (Å²) in [5.74, 6) is -11.0. The predicted octanol–water partition coefficient (Wildman–Crippen LogP) is 3.98. The van der Waals surface area contributed by atoms with Crippen LogP contribution in [0.15, 0.2) is 54.6 Å². The fourth-order valence-corrected chi connectivity index (χ4v) is 7.13. The van der Waals surface area contributed by atoms with Crippen LogP contribution < -0.4 is 0 Å². The third-order valence-corrected chi connectivity index (χ3v) is 10.5. The normalized spacial score (nSPS) is 27.4. The summed E-state index contributed by atoms with van der Waals surface area (Å²) in [7, 11) is 0.860. The third kappa shape index (κ3) is 10.3. The standard InChI is InChI=1S/C42H58O16/c1-11-24(2)21-25(3)17-18-30(44)56-33-32(45)40(20-19-26(4)31(55-28(6)43)27(5)22-29-15-13-12-14-16-29)57-34(35(46)52-10)41(51,42(33,58-40)36(47)48)38(50)54-23-53-37(49)39(7,8)9/h12-18,24-25,27,31-34,45,51H,4,11,19-23H2,1-3,5-10H3,(H,47,48)/b18-17+/t24-,25+,27+,31+,32+,33+,34?,40?,41?,42?/m0/s1. The molecule has 2 bridgehead atoms. The number of rotatable bonds is 19. The van der Waals surface area contributed by atoms with Crippen LogP contribution >= 0.6 is 0 Å². The number of carbonyl (C=O) groups excluding carboxylic acids is 5. The van der Waals surface area contributed by atoms with E-state index >= 15 is 0 Å². The molecule has 3 N–H and O–H groups in total. The minimum absolute atomic E-state index is 0.138. The van der Waals surface area contributed by atoms with Crippen molar-refractivity contribution in [2.24, 2.45) is 23.2 Å². The molecule has 322 valence electrons. The Labute approximate surface area is 338 Å². The summed E-state index contributed by atoms with van der Waals surface area (Å²) < 4.78 is 37.9. The van der Waals surface area contributed by atoms with Crippen molar-refractivity contribution in [2.45, 2.75) is 129 Å². The molecular formula is C42H58O16. The molecule has 4 unspecified atom stereocenters. The molecule has 2 fully saturated rings. The van der Waals surface area contributed by atoms with Gasteiger partial charge in [0.15, 0.2) is 6.10 Å². The number of methoxy groups -OCH3 is 1. The summed E-state index contributed by atoms with van der Waals surface area (Å²) in [6.45, 7) is 16.4. The summed E-state index contributed by atoms with van der Waals surface area (Å²) in [5, 5.41) is 35.3. The molecule has 1 aromatic carbocycles. The quantitative estimate of drug-likeness (QED) is 0.0590. The monoisotopic (exact) mass is 818 g/mol. The van der Waals surface area contributed by atoms with Crippen molar-refractivity contribution in [3.8, 4) is 0 Å². The molecule has 2 saturated heterocycles. The fourth-order valence-electron chi connectivity index (χ4n) is 7.13. The maximum absolute atomic E-state index is 14.0. The Kier molecular flexibility index (Phi) is 16.0. The van der Waals surface area contributed by atoms with Gasteiger partial charge in [-0.05, 0) is 63.0 Å². The van der Waals surface area contributed by atoms with E-state index in [4.69, 9.17) is 33.2 Å². The lowest BCUT2D eigenvalue weighted by Gasteiger charge is -2.49. The number of fused-ring (bicyclic) bond motifs is 2. The number of ether oxygens (including phenoxy) is 7. The number of hydrogen-bond acceptors (Lipinski definition) is 15. The topological polar surface area (TPSA) is 228 Å². The van der Waals surface area contributed by atoms with Gasteiger partial charge in [-0.15, -0.1) is 0 Å². The van der Waals surface area contributed by atoms with E-state index in [1.165, 1.54) is 33.8 Å². The smallest absolute Gasteiger partial charge is 0.348 e. The highest BCUT2D eigenvalue weighted by atomic mass is 16.8. The first-order chi connectivity index (χ1) is 27.0. The number of carbonyl (C=O) groups is 6. The maximum Gasteiger partial charge on any atom is 0.348 e. The van der Waals surface area contributed by atoms with E-state index in [1.54, 1.807) is 0 Å². The van der Waals surface area contributed by atoms with Crippen molar-refractivity contribution in [3.63, 3.8) is 0 Å². The molecule has 1 aromatic rings. The largest absolute Gasteiger partial charge is 0.479 e. The number of allylic oxidation sites excluding steroid dienone is 1. The van der Waals surface area contributed by atoms with Gasteiger partial charge in [-0.25, -0.2) is 19.2 Å². The van der Waals surface area contributed by atoms with Gasteiger partial charge in [0.25, 0.3) is 0 Å². The van der Waals surface area contributed by atoms with Crippen LogP contribution in [0.25, 0.3) is 0 Å². The van der Waals surface area contributed by atoms with Crippen molar-refractivity contribution in [1.82, 2.24) is 0 Å². The molecule has 0 spiro atoms. The highest BCUT2D eigenvalue weighted by Gasteiger charge is 2.86. The number of benzene rings is 1. The van der Waals surface area contributed by atoms with E-state index in [1.807, 2.05) is 58.0 Å². The predicted molar refractivity (Wildman–Crippen MR) is 204 cm³/mol. The Morgan fingerprint density at radius 1 is 1.03 bits per heavy atom. The van der Waals surface area contributed by atoms with Gasteiger partial charge in [0, 0.05) is 25.3 Å². The lowest BCUT2D eigenvalue weighted by atomic mass is 9.74. The molecule has 0 aliphatic carbocycles. The van der Waals surface area contributed by atoms with E-state index in [0.717, 1.165) is 25.2 Å². The second-order valence-corrected chi connectivity index (χ2v) is 16.2. The Morgan fingerprint density at radius 3 is 2.22 bits per heavy atom. The van der Waals surface area contributed by atoms with Gasteiger partial charge in [-0.3, -0.25) is 9.59 Å². The molecule has 16 heteroatoms. The number of aliphatic hydroxyl groups is 2. The molecule has 16 nitrogen and oxygen atoms in total. The first-order valence-electron chi connectivity index (χ1n) is 19.2. The van der Waals surface area contributed by atoms with Crippen LogP contribution in [0.4, 0.5) is 0 Å². The molecule has 0 aromatic heterocycles. The van der Waals surface area contributed by atoms with Crippen LogP contribution in [0.5, 0.6) is 0 Å². The summed E-state index contributed by atoms with van der Waals surface area (Å²) in [6.07, 6.45) is -4.52. The maximum atomic E-state index is 14.0. The molecule has 58 heavy (non-hydrogen) atoms. The zero-order valence-electron chi connectivity index (χ0n) is 34.7. The SMILES string of the molecule is C=C(CCC12OC(C(=O)OC)C(O)(C(=O)OCOC(=O)C(C)(C)C)C(C(=O)O)(O1)[C@H](OC(=O)/C=C/[C@@H](C)C[C@@H](C)CC)[C@H]2O)[C@@H](OC(C)=O)[C@H](C)Cc1ccccc1. The number of aliphatic carboxylic acids is 1. The highest BCUT2D eigenvalue weighted by molar-refractivity contribution is 5.99. The van der Waals surface area contributed by atoms with Crippen molar-refractivity contribution in [3.05, 3.63) is 60.2 Å². The van der Waals surface area contributed by atoms with E-state index in [-0.39, 0.29) is 23.8 Å². The van der Waals surface area contributed by atoms with Gasteiger partial charge in [0.05, 0.1) is 12.5 Å². The number of hydrogen-bond donors (Lipinski definition) is 3. The zero-order chi connectivity index (χ0) is 43.8. The lowest BCUT2D eigenvalue weighted by Crippen LogP contribution is -2.78. The molecular weight excluding hydrogens is 760 g/mol. The van der Waals surface area contributed by atoms with Crippen molar-refractivity contribution in [2.75, 3.05) is 13.9 Å². The van der Waals surface area contributed by atoms with Crippen molar-refractivity contribution < 1.29 is 77.2 Å². The molecule has 0 radical (unpaired) electrons. The average Bonchev–Trinajstić information content (AvgIpc) is 3.37. The van der Waals surface area contributed by atoms with Crippen LogP contribution in [0, 0.1) is 23.2 Å². The summed E-state index contributed by atoms with van der Waals surface area (Å²) >= 11 is 0. The van der Waals surface area contributed by atoms with Crippen LogP contribution in [0.2, 0.25) is 0 Å². The molecule has 10 atom stereocenters. The van der Waals surface area contributed by atoms with Gasteiger partial charge >= 0.3 is 35.8 Å². The summed E-state index contributed by atoms with van der Waals surface area (Å²) in [6, 6.07) is 9.34. The van der Waals surface area contributed by atoms with Crippen LogP contribution in [0.1, 0.15) is 86.6 Å². The van der Waals surface area contributed by atoms with Crippen molar-refractivity contribution in [1.29, 1.82) is 0 Å². The Bertz CT molecular complexity index is 1700. The second kappa shape index (κ2) is 19.4. The molecule has 2 aliphatic rings. The summed E-state index contributed by atoms with van der Waals surface area (Å²) in [4.78, 5) is 79.1. The lowest BCUT2D eigenvalue weighted by molar-refractivity contribution is -0.375. The van der Waals surface area contributed by atoms with Gasteiger partial charge in [-0.2, -0.15) is 0 Å². The van der Waals surface area contributed by atoms with E-state index < -0.39 is 95.8 Å². The molecule has 0 saturated carbocycles. The van der Waals surface area contributed by atoms with E-state index in [0.29, 0.717) is 18.8 Å². The Balaban J connectivity index is 2.12. The molecule has 2 heterocycles. The molecule has 0 amide bonds. The van der Waals surface area contributed by atoms with E-state index in [9.17, 15) is 44.1 Å². The molecule has 2 aliphatic heterocycles. The number of aliphatic hydroxyl groups excluding tert-OH is 1. The van der Waals surface area contributed by atoms with E-state index in [2.05, 4.69) is 6.58 Å². The summed E-state index contributed by atoms with van der Waals surface area (Å²) in [5.41, 5.74) is -7.15. The zero-order valence-corrected chi connectivity index (χ0v) is 34.7. The van der Waals surface area contributed by atoms with Crippen LogP contribution in [0.3, 0.4) is 0 Å². The fraction of sp³-hybridized carbons (Fsp3) is 0.619. The first kappa shape index (κ1) is 47.7. The number of esters is 5. The minimum atomic E-state index is -3.76. The van der Waals surface area contributed by atoms with Gasteiger partial charge in [-0.1, -0.05) is 77.1 Å². The van der Waals surface area contributed by atoms with Gasteiger partial charge < -0.3 is 48.5 Å². The third-order valence-electron chi connectivity index (χ3n) is 10.5. The average molecular weight is 819 g/mol.